The molecule has 1 amide bonds. The zero-order valence-electron chi connectivity index (χ0n) is 10.5. The van der Waals surface area contributed by atoms with Gasteiger partial charge < -0.3 is 14.7 Å². The first-order valence-electron chi connectivity index (χ1n) is 6.13. The molecule has 5 nitrogen and oxygen atoms in total. The summed E-state index contributed by atoms with van der Waals surface area (Å²) in [5.74, 6) is 0.505. The van der Waals surface area contributed by atoms with Crippen molar-refractivity contribution in [2.45, 2.75) is 12.8 Å². The fourth-order valence-electron chi connectivity index (χ4n) is 2.27. The summed E-state index contributed by atoms with van der Waals surface area (Å²) >= 11 is 0. The number of amides is 1. The lowest BCUT2D eigenvalue weighted by Crippen LogP contribution is -2.39. The molecule has 0 radical (unpaired) electrons. The molecule has 0 aromatic carbocycles. The van der Waals surface area contributed by atoms with Crippen LogP contribution < -0.4 is 0 Å². The van der Waals surface area contributed by atoms with Gasteiger partial charge in [-0.25, -0.2) is 0 Å². The van der Waals surface area contributed by atoms with E-state index in [1.165, 1.54) is 18.5 Å². The Morgan fingerprint density at radius 1 is 1.50 bits per heavy atom. The Labute approximate surface area is 106 Å². The Morgan fingerprint density at radius 2 is 2.22 bits per heavy atom. The van der Waals surface area contributed by atoms with Gasteiger partial charge >= 0.3 is 0 Å². The van der Waals surface area contributed by atoms with Crippen molar-refractivity contribution in [2.24, 2.45) is 5.92 Å². The Bertz CT molecular complexity index is 414. The van der Waals surface area contributed by atoms with E-state index in [1.54, 1.807) is 7.11 Å². The van der Waals surface area contributed by atoms with Gasteiger partial charge in [-0.15, -0.1) is 0 Å². The molecule has 5 heteroatoms. The zero-order valence-corrected chi connectivity index (χ0v) is 10.5. The van der Waals surface area contributed by atoms with Crippen molar-refractivity contribution in [3.8, 4) is 5.75 Å². The molecule has 0 unspecified atom stereocenters. The van der Waals surface area contributed by atoms with E-state index in [9.17, 15) is 9.90 Å². The number of hydrogen-bond acceptors (Lipinski definition) is 4. The molecular formula is C13H18N2O3. The minimum Gasteiger partial charge on any atom is -0.506 e. The van der Waals surface area contributed by atoms with Gasteiger partial charge in [-0.2, -0.15) is 0 Å². The summed E-state index contributed by atoms with van der Waals surface area (Å²) in [6.45, 7) is 2.24. The summed E-state index contributed by atoms with van der Waals surface area (Å²) in [5, 5.41) is 9.32. The zero-order chi connectivity index (χ0) is 13.0. The summed E-state index contributed by atoms with van der Waals surface area (Å²) in [5.41, 5.74) is 0.445. The molecule has 1 fully saturated rings. The highest BCUT2D eigenvalue weighted by Crippen LogP contribution is 2.20. The van der Waals surface area contributed by atoms with Gasteiger partial charge in [0.05, 0.1) is 11.8 Å². The number of methoxy groups -OCH3 is 1. The highest BCUT2D eigenvalue weighted by Gasteiger charge is 2.23. The van der Waals surface area contributed by atoms with Crippen molar-refractivity contribution < 1.29 is 14.6 Å². The van der Waals surface area contributed by atoms with Crippen molar-refractivity contribution in [3.63, 3.8) is 0 Å². The maximum Gasteiger partial charge on any atom is 0.255 e. The molecule has 0 atom stereocenters. The van der Waals surface area contributed by atoms with E-state index in [0.29, 0.717) is 11.5 Å². The van der Waals surface area contributed by atoms with Gasteiger partial charge in [-0.3, -0.25) is 9.78 Å². The molecule has 18 heavy (non-hydrogen) atoms. The fourth-order valence-corrected chi connectivity index (χ4v) is 2.27. The number of aromatic hydroxyl groups is 1. The van der Waals surface area contributed by atoms with Crippen LogP contribution in [0.15, 0.2) is 18.5 Å². The summed E-state index contributed by atoms with van der Waals surface area (Å²) in [7, 11) is 1.70. The van der Waals surface area contributed by atoms with Crippen LogP contribution in [-0.4, -0.2) is 47.7 Å². The second-order valence-electron chi connectivity index (χ2n) is 4.62. The van der Waals surface area contributed by atoms with E-state index >= 15 is 0 Å². The number of rotatable bonds is 3. The molecule has 2 rings (SSSR count). The lowest BCUT2D eigenvalue weighted by atomic mass is 9.97. The number of hydrogen-bond donors (Lipinski definition) is 1. The van der Waals surface area contributed by atoms with Crippen LogP contribution in [0.5, 0.6) is 5.75 Å². The molecule has 1 aromatic rings. The molecule has 1 aromatic heterocycles. The Balaban J connectivity index is 1.95. The maximum atomic E-state index is 12.2. The van der Waals surface area contributed by atoms with Gasteiger partial charge in [-0.1, -0.05) is 0 Å². The molecule has 0 saturated carbocycles. The minimum absolute atomic E-state index is 0.0233. The lowest BCUT2D eigenvalue weighted by Gasteiger charge is -2.31. The van der Waals surface area contributed by atoms with E-state index in [2.05, 4.69) is 4.98 Å². The van der Waals surface area contributed by atoms with Crippen LogP contribution >= 0.6 is 0 Å². The molecule has 1 saturated heterocycles. The molecule has 1 aliphatic heterocycles. The van der Waals surface area contributed by atoms with Crippen molar-refractivity contribution in [1.29, 1.82) is 0 Å². The summed E-state index contributed by atoms with van der Waals surface area (Å²) in [4.78, 5) is 17.8. The van der Waals surface area contributed by atoms with Crippen molar-refractivity contribution in [2.75, 3.05) is 26.8 Å². The Kier molecular flexibility index (Phi) is 4.15. The first kappa shape index (κ1) is 12.8. The third-order valence-corrected chi connectivity index (χ3v) is 3.27. The van der Waals surface area contributed by atoms with Crippen LogP contribution in [0, 0.1) is 5.92 Å². The number of piperidine rings is 1. The molecule has 1 aliphatic rings. The first-order valence-corrected chi connectivity index (χ1v) is 6.13. The Morgan fingerprint density at radius 3 is 2.83 bits per heavy atom. The third-order valence-electron chi connectivity index (χ3n) is 3.27. The minimum atomic E-state index is -0.0609. The van der Waals surface area contributed by atoms with Gasteiger partial charge in [0, 0.05) is 33.0 Å². The van der Waals surface area contributed by atoms with E-state index in [1.807, 2.05) is 4.90 Å². The number of carbonyl (C=O) groups excluding carboxylic acids is 1. The predicted molar refractivity (Wildman–Crippen MR) is 66.4 cm³/mol. The number of carbonyl (C=O) groups is 1. The van der Waals surface area contributed by atoms with Gasteiger partial charge in [0.2, 0.25) is 0 Å². The van der Waals surface area contributed by atoms with E-state index < -0.39 is 0 Å². The highest BCUT2D eigenvalue weighted by atomic mass is 16.5. The number of nitrogens with zero attached hydrogens (tertiary/aromatic N) is 2. The SMILES string of the molecule is COCC1CCN(C(=O)c2cncc(O)c2)CC1. The third kappa shape index (κ3) is 2.98. The summed E-state index contributed by atoms with van der Waals surface area (Å²) in [6, 6.07) is 1.45. The van der Waals surface area contributed by atoms with Gasteiger partial charge in [0.15, 0.2) is 0 Å². The molecule has 0 aliphatic carbocycles. The quantitative estimate of drug-likeness (QED) is 0.878. The highest BCUT2D eigenvalue weighted by molar-refractivity contribution is 5.94. The number of ether oxygens (including phenoxy) is 1. The number of aromatic nitrogens is 1. The summed E-state index contributed by atoms with van der Waals surface area (Å²) < 4.78 is 5.13. The van der Waals surface area contributed by atoms with Crippen molar-refractivity contribution in [1.82, 2.24) is 9.88 Å². The Hall–Kier alpha value is -1.62. The topological polar surface area (TPSA) is 62.7 Å². The lowest BCUT2D eigenvalue weighted by molar-refractivity contribution is 0.0613. The average Bonchev–Trinajstić information content (AvgIpc) is 2.39. The number of likely N-dealkylation sites (tertiary alicyclic amines) is 1. The van der Waals surface area contributed by atoms with Crippen LogP contribution in [0.1, 0.15) is 23.2 Å². The van der Waals surface area contributed by atoms with Crippen LogP contribution in [-0.2, 0) is 4.74 Å². The molecule has 98 valence electrons. The standard InChI is InChI=1S/C13H18N2O3/c1-18-9-10-2-4-15(5-3-10)13(17)11-6-12(16)8-14-7-11/h6-8,10,16H,2-5,9H2,1H3. The molecule has 0 spiro atoms. The van der Waals surface area contributed by atoms with E-state index in [0.717, 1.165) is 32.5 Å². The van der Waals surface area contributed by atoms with Gasteiger partial charge in [0.1, 0.15) is 5.75 Å². The maximum absolute atomic E-state index is 12.2. The van der Waals surface area contributed by atoms with E-state index in [4.69, 9.17) is 4.74 Å². The predicted octanol–water partition coefficient (Wildman–Crippen LogP) is 1.29. The van der Waals surface area contributed by atoms with Gasteiger partial charge in [0.25, 0.3) is 5.91 Å². The van der Waals surface area contributed by atoms with Crippen LogP contribution in [0.2, 0.25) is 0 Å². The van der Waals surface area contributed by atoms with Crippen LogP contribution in [0.25, 0.3) is 0 Å². The fraction of sp³-hybridized carbons (Fsp3) is 0.538. The largest absolute Gasteiger partial charge is 0.506 e. The van der Waals surface area contributed by atoms with Crippen LogP contribution in [0.3, 0.4) is 0 Å². The van der Waals surface area contributed by atoms with Crippen LogP contribution in [0.4, 0.5) is 0 Å². The molecular weight excluding hydrogens is 232 g/mol. The smallest absolute Gasteiger partial charge is 0.255 e. The second kappa shape index (κ2) is 5.82. The normalized spacial score (nSPS) is 16.8. The molecule has 0 bridgehead atoms. The second-order valence-corrected chi connectivity index (χ2v) is 4.62. The van der Waals surface area contributed by atoms with Gasteiger partial charge in [-0.05, 0) is 24.8 Å². The van der Waals surface area contributed by atoms with E-state index in [-0.39, 0.29) is 11.7 Å². The molecule has 1 N–H and O–H groups in total. The van der Waals surface area contributed by atoms with Crippen molar-refractivity contribution >= 4 is 5.91 Å². The molecule has 2 heterocycles. The monoisotopic (exact) mass is 250 g/mol. The van der Waals surface area contributed by atoms with Crippen molar-refractivity contribution in [3.05, 3.63) is 24.0 Å². The average molecular weight is 250 g/mol. The number of pyridine rings is 1. The first-order chi connectivity index (χ1) is 8.70. The summed E-state index contributed by atoms with van der Waals surface area (Å²) in [6.07, 6.45) is 4.74.